The van der Waals surface area contributed by atoms with Crippen LogP contribution in [0.2, 0.25) is 0 Å². The summed E-state index contributed by atoms with van der Waals surface area (Å²) >= 11 is 0. The molecule has 3 aliphatic heterocycles. The van der Waals surface area contributed by atoms with Gasteiger partial charge in [0.1, 0.15) is 0 Å². The Balaban J connectivity index is 1.13. The fraction of sp³-hybridized carbons (Fsp3) is 0.270. The number of hydrogen-bond acceptors (Lipinski definition) is 5. The Morgan fingerprint density at radius 2 is 1.76 bits per heavy atom. The van der Waals surface area contributed by atoms with Crippen LogP contribution in [0.15, 0.2) is 97.1 Å². The first-order valence-corrected chi connectivity index (χ1v) is 15.5. The topological polar surface area (TPSA) is 101 Å². The van der Waals surface area contributed by atoms with E-state index in [2.05, 4.69) is 0 Å². The molecule has 1 fully saturated rings. The van der Waals surface area contributed by atoms with Crippen LogP contribution in [-0.2, 0) is 21.7 Å². The Bertz CT molecular complexity index is 1860. The normalized spacial score (nSPS) is 21.4. The summed E-state index contributed by atoms with van der Waals surface area (Å²) in [6.07, 6.45) is 5.25. The maximum atomic E-state index is 14.1. The molecular formula is C37H35N3O5. The summed E-state index contributed by atoms with van der Waals surface area (Å²) in [5.74, 6) is -1.21. The van der Waals surface area contributed by atoms with E-state index in [1.165, 1.54) is 0 Å². The lowest BCUT2D eigenvalue weighted by molar-refractivity contribution is -0.139. The zero-order chi connectivity index (χ0) is 31.3. The SMILES string of the molecule is C[C@@H](/C=C/CC(=O)N1CCC[C@H]1CO)[C@]1(O)C(=O)N(Cc2cccc(N3C(=O)c4cccc5cccc3c45)c2)c2ccccc21. The highest BCUT2D eigenvalue weighted by Crippen LogP contribution is 2.46. The molecular weight excluding hydrogens is 566 g/mol. The Morgan fingerprint density at radius 1 is 1.00 bits per heavy atom. The van der Waals surface area contributed by atoms with Crippen LogP contribution in [0.3, 0.4) is 0 Å². The van der Waals surface area contributed by atoms with Gasteiger partial charge in [-0.15, -0.1) is 0 Å². The zero-order valence-corrected chi connectivity index (χ0v) is 25.1. The number of para-hydroxylation sites is 1. The molecule has 3 heterocycles. The summed E-state index contributed by atoms with van der Waals surface area (Å²) in [5.41, 5.74) is 2.36. The molecule has 2 N–H and O–H groups in total. The molecule has 4 aromatic rings. The molecule has 4 aromatic carbocycles. The maximum Gasteiger partial charge on any atom is 0.264 e. The van der Waals surface area contributed by atoms with Gasteiger partial charge in [-0.2, -0.15) is 0 Å². The molecule has 3 amide bonds. The van der Waals surface area contributed by atoms with E-state index in [-0.39, 0.29) is 37.4 Å². The molecule has 0 radical (unpaired) electrons. The molecule has 3 aliphatic rings. The minimum atomic E-state index is -1.81. The molecule has 3 atom stereocenters. The van der Waals surface area contributed by atoms with Gasteiger partial charge in [0.15, 0.2) is 5.60 Å². The van der Waals surface area contributed by atoms with Gasteiger partial charge >= 0.3 is 0 Å². The van der Waals surface area contributed by atoms with Crippen molar-refractivity contribution in [1.29, 1.82) is 0 Å². The Hall–Kier alpha value is -4.79. The third-order valence-electron chi connectivity index (χ3n) is 9.53. The second kappa shape index (κ2) is 11.3. The van der Waals surface area contributed by atoms with Crippen molar-refractivity contribution in [2.45, 2.75) is 44.4 Å². The standard InChI is InChI=1S/C37H35N3O5/c1-24(9-4-19-33(42)38-20-8-14-28(38)23-41)37(45)30-16-2-3-17-31(30)39(36(37)44)22-25-10-5-13-27(21-25)40-32-18-7-12-26-11-6-15-29(34(26)32)35(40)43/h2-7,9-13,15-18,21,24,28,41,45H,8,14,19-20,22-23H2,1H3/b9-4+/t24-,28-,37+/m0/s1. The molecule has 1 saturated heterocycles. The molecule has 0 aromatic heterocycles. The Kier molecular flexibility index (Phi) is 7.26. The van der Waals surface area contributed by atoms with E-state index in [1.54, 1.807) is 45.9 Å². The van der Waals surface area contributed by atoms with Gasteiger partial charge in [0.05, 0.1) is 36.1 Å². The Morgan fingerprint density at radius 3 is 2.58 bits per heavy atom. The largest absolute Gasteiger partial charge is 0.394 e. The van der Waals surface area contributed by atoms with Gasteiger partial charge < -0.3 is 20.0 Å². The van der Waals surface area contributed by atoms with Crippen molar-refractivity contribution in [3.8, 4) is 0 Å². The first-order valence-electron chi connectivity index (χ1n) is 15.5. The second-order valence-corrected chi connectivity index (χ2v) is 12.2. The van der Waals surface area contributed by atoms with Gasteiger partial charge in [-0.3, -0.25) is 19.3 Å². The number of amides is 3. The molecule has 0 aliphatic carbocycles. The maximum absolute atomic E-state index is 14.1. The smallest absolute Gasteiger partial charge is 0.264 e. The second-order valence-electron chi connectivity index (χ2n) is 12.2. The van der Waals surface area contributed by atoms with E-state index in [9.17, 15) is 24.6 Å². The Labute approximate surface area is 261 Å². The molecule has 228 valence electrons. The fourth-order valence-corrected chi connectivity index (χ4v) is 7.19. The molecule has 0 saturated carbocycles. The highest BCUT2D eigenvalue weighted by atomic mass is 16.3. The summed E-state index contributed by atoms with van der Waals surface area (Å²) in [4.78, 5) is 45.4. The number of aliphatic hydroxyl groups excluding tert-OH is 1. The van der Waals surface area contributed by atoms with Crippen LogP contribution in [0, 0.1) is 5.92 Å². The van der Waals surface area contributed by atoms with Crippen molar-refractivity contribution in [3.63, 3.8) is 0 Å². The average Bonchev–Trinajstić information content (AvgIpc) is 3.72. The minimum Gasteiger partial charge on any atom is -0.394 e. The highest BCUT2D eigenvalue weighted by molar-refractivity contribution is 6.27. The highest BCUT2D eigenvalue weighted by Gasteiger charge is 2.52. The number of aliphatic hydroxyl groups is 2. The molecule has 45 heavy (non-hydrogen) atoms. The van der Waals surface area contributed by atoms with E-state index >= 15 is 0 Å². The molecule has 0 bridgehead atoms. The molecule has 0 unspecified atom stereocenters. The number of benzene rings is 4. The van der Waals surface area contributed by atoms with Gasteiger partial charge in [-0.05, 0) is 54.1 Å². The number of nitrogens with zero attached hydrogens (tertiary/aromatic N) is 3. The molecule has 7 rings (SSSR count). The zero-order valence-electron chi connectivity index (χ0n) is 25.1. The van der Waals surface area contributed by atoms with Crippen molar-refractivity contribution in [2.24, 2.45) is 5.92 Å². The summed E-state index contributed by atoms with van der Waals surface area (Å²) < 4.78 is 0. The number of carbonyl (C=O) groups is 3. The lowest BCUT2D eigenvalue weighted by atomic mass is 9.83. The van der Waals surface area contributed by atoms with Crippen LogP contribution in [0.1, 0.15) is 47.7 Å². The number of carbonyl (C=O) groups excluding carboxylic acids is 3. The quantitative estimate of drug-likeness (QED) is 0.262. The van der Waals surface area contributed by atoms with Crippen molar-refractivity contribution in [2.75, 3.05) is 23.0 Å². The van der Waals surface area contributed by atoms with Gasteiger partial charge in [-0.1, -0.05) is 73.7 Å². The van der Waals surface area contributed by atoms with E-state index in [0.717, 1.165) is 34.9 Å². The number of anilines is 3. The predicted octanol–water partition coefficient (Wildman–Crippen LogP) is 5.43. The number of hydrogen-bond donors (Lipinski definition) is 2. The first kappa shape index (κ1) is 29.0. The third-order valence-corrected chi connectivity index (χ3v) is 9.53. The van der Waals surface area contributed by atoms with Crippen LogP contribution in [0.25, 0.3) is 10.8 Å². The van der Waals surface area contributed by atoms with E-state index in [4.69, 9.17) is 0 Å². The van der Waals surface area contributed by atoms with Gasteiger partial charge in [0.2, 0.25) is 5.91 Å². The summed E-state index contributed by atoms with van der Waals surface area (Å²) in [6.45, 7) is 2.57. The van der Waals surface area contributed by atoms with Crippen molar-refractivity contribution >= 4 is 45.6 Å². The monoisotopic (exact) mass is 601 g/mol. The van der Waals surface area contributed by atoms with E-state index in [0.29, 0.717) is 29.0 Å². The van der Waals surface area contributed by atoms with Crippen molar-refractivity contribution in [3.05, 3.63) is 114 Å². The lowest BCUT2D eigenvalue weighted by Crippen LogP contribution is -2.44. The lowest BCUT2D eigenvalue weighted by Gasteiger charge is -2.28. The molecule has 8 nitrogen and oxygen atoms in total. The number of fused-ring (bicyclic) bond motifs is 1. The minimum absolute atomic E-state index is 0.0479. The number of rotatable bonds is 8. The van der Waals surface area contributed by atoms with Crippen LogP contribution in [0.5, 0.6) is 0 Å². The van der Waals surface area contributed by atoms with Crippen molar-refractivity contribution in [1.82, 2.24) is 4.90 Å². The third kappa shape index (κ3) is 4.64. The van der Waals surface area contributed by atoms with Crippen LogP contribution in [0.4, 0.5) is 17.1 Å². The van der Waals surface area contributed by atoms with E-state index < -0.39 is 17.4 Å². The number of likely N-dealkylation sites (tertiary alicyclic amines) is 1. The predicted molar refractivity (Wildman–Crippen MR) is 173 cm³/mol. The van der Waals surface area contributed by atoms with Crippen LogP contribution in [-0.4, -0.2) is 52.0 Å². The van der Waals surface area contributed by atoms with Gasteiger partial charge in [-0.25, -0.2) is 0 Å². The summed E-state index contributed by atoms with van der Waals surface area (Å²) in [7, 11) is 0. The fourth-order valence-electron chi connectivity index (χ4n) is 7.19. The van der Waals surface area contributed by atoms with Crippen molar-refractivity contribution < 1.29 is 24.6 Å². The van der Waals surface area contributed by atoms with Crippen LogP contribution >= 0.6 is 0 Å². The average molecular weight is 602 g/mol. The first-order chi connectivity index (χ1) is 21.8. The van der Waals surface area contributed by atoms with Crippen LogP contribution < -0.4 is 9.80 Å². The molecule has 0 spiro atoms. The van der Waals surface area contributed by atoms with Gasteiger partial charge in [0.25, 0.3) is 11.8 Å². The summed E-state index contributed by atoms with van der Waals surface area (Å²) in [5, 5.41) is 23.5. The van der Waals surface area contributed by atoms with Gasteiger partial charge in [0, 0.05) is 35.5 Å². The summed E-state index contributed by atoms with van der Waals surface area (Å²) in [6, 6.07) is 26.4. The molecule has 8 heteroatoms. The van der Waals surface area contributed by atoms with E-state index in [1.807, 2.05) is 72.8 Å².